The summed E-state index contributed by atoms with van der Waals surface area (Å²) in [6.07, 6.45) is 3.28. The first-order valence-electron chi connectivity index (χ1n) is 5.50. The minimum atomic E-state index is 0.0383. The van der Waals surface area contributed by atoms with Crippen molar-refractivity contribution in [1.82, 2.24) is 9.88 Å². The largest absolute Gasteiger partial charge is 0.377 e. The highest BCUT2D eigenvalue weighted by Crippen LogP contribution is 2.16. The predicted octanol–water partition coefficient (Wildman–Crippen LogP) is 1.33. The van der Waals surface area contributed by atoms with Gasteiger partial charge in [-0.3, -0.25) is 9.78 Å². The molecule has 4 heteroatoms. The van der Waals surface area contributed by atoms with Crippen molar-refractivity contribution < 1.29 is 9.53 Å². The van der Waals surface area contributed by atoms with E-state index in [-0.39, 0.29) is 18.0 Å². The summed E-state index contributed by atoms with van der Waals surface area (Å²) < 4.78 is 5.40. The average molecular weight is 220 g/mol. The van der Waals surface area contributed by atoms with E-state index in [1.54, 1.807) is 24.5 Å². The molecule has 1 aromatic rings. The molecule has 1 fully saturated rings. The summed E-state index contributed by atoms with van der Waals surface area (Å²) in [6, 6.07) is 3.82. The molecule has 86 valence electrons. The van der Waals surface area contributed by atoms with E-state index < -0.39 is 0 Å². The van der Waals surface area contributed by atoms with Crippen LogP contribution in [0.2, 0.25) is 0 Å². The Hall–Kier alpha value is -1.42. The van der Waals surface area contributed by atoms with Gasteiger partial charge in [0.15, 0.2) is 0 Å². The van der Waals surface area contributed by atoms with Gasteiger partial charge in [0.25, 0.3) is 5.91 Å². The first-order chi connectivity index (χ1) is 7.70. The lowest BCUT2D eigenvalue weighted by molar-refractivity contribution is -0.0249. The minimum Gasteiger partial charge on any atom is -0.377 e. The van der Waals surface area contributed by atoms with Crippen LogP contribution in [0.15, 0.2) is 24.5 Å². The maximum absolute atomic E-state index is 12.3. The topological polar surface area (TPSA) is 42.4 Å². The zero-order chi connectivity index (χ0) is 11.5. The van der Waals surface area contributed by atoms with Gasteiger partial charge in [-0.05, 0) is 26.0 Å². The molecule has 16 heavy (non-hydrogen) atoms. The lowest BCUT2D eigenvalue weighted by atomic mass is 10.1. The van der Waals surface area contributed by atoms with Gasteiger partial charge in [0, 0.05) is 12.4 Å². The Labute approximate surface area is 95.2 Å². The van der Waals surface area contributed by atoms with Crippen LogP contribution in [0.3, 0.4) is 0 Å². The van der Waals surface area contributed by atoms with Crippen LogP contribution < -0.4 is 0 Å². The lowest BCUT2D eigenvalue weighted by Gasteiger charge is -2.38. The molecule has 0 N–H and O–H groups in total. The second-order valence-electron chi connectivity index (χ2n) is 4.19. The number of aromatic nitrogens is 1. The number of nitrogens with zero attached hydrogens (tertiary/aromatic N) is 2. The minimum absolute atomic E-state index is 0.0383. The van der Waals surface area contributed by atoms with Gasteiger partial charge >= 0.3 is 0 Å². The van der Waals surface area contributed by atoms with Gasteiger partial charge in [0.1, 0.15) is 0 Å². The van der Waals surface area contributed by atoms with Crippen LogP contribution in [-0.4, -0.2) is 41.1 Å². The monoisotopic (exact) mass is 220 g/mol. The summed E-state index contributed by atoms with van der Waals surface area (Å²) in [5.74, 6) is 0.0383. The van der Waals surface area contributed by atoms with Gasteiger partial charge in [-0.1, -0.05) is 0 Å². The summed E-state index contributed by atoms with van der Waals surface area (Å²) in [7, 11) is 0. The highest BCUT2D eigenvalue weighted by molar-refractivity contribution is 5.94. The van der Waals surface area contributed by atoms with Crippen molar-refractivity contribution in [2.75, 3.05) is 13.2 Å². The molecule has 0 aliphatic carbocycles. The predicted molar refractivity (Wildman–Crippen MR) is 60.1 cm³/mol. The van der Waals surface area contributed by atoms with Crippen molar-refractivity contribution in [2.24, 2.45) is 0 Å². The molecule has 0 aromatic carbocycles. The number of hydrogen-bond donors (Lipinski definition) is 0. The summed E-state index contributed by atoms with van der Waals surface area (Å²) in [6.45, 7) is 5.22. The van der Waals surface area contributed by atoms with Gasteiger partial charge < -0.3 is 9.64 Å². The second-order valence-corrected chi connectivity index (χ2v) is 4.19. The van der Waals surface area contributed by atoms with Crippen LogP contribution in [0.4, 0.5) is 0 Å². The van der Waals surface area contributed by atoms with Gasteiger partial charge in [-0.2, -0.15) is 0 Å². The van der Waals surface area contributed by atoms with Gasteiger partial charge in [-0.25, -0.2) is 0 Å². The molecule has 1 saturated heterocycles. The normalized spacial score (nSPS) is 25.5. The molecule has 1 aliphatic rings. The van der Waals surface area contributed by atoms with E-state index in [9.17, 15) is 4.79 Å². The van der Waals surface area contributed by atoms with Crippen LogP contribution in [0.25, 0.3) is 0 Å². The molecule has 1 aliphatic heterocycles. The highest BCUT2D eigenvalue weighted by atomic mass is 16.5. The third-order valence-electron chi connectivity index (χ3n) is 2.81. The number of carbonyl (C=O) groups is 1. The van der Waals surface area contributed by atoms with Gasteiger partial charge in [0.2, 0.25) is 0 Å². The number of rotatable bonds is 1. The number of carbonyl (C=O) groups excluding carboxylic acids is 1. The van der Waals surface area contributed by atoms with E-state index in [2.05, 4.69) is 4.98 Å². The smallest absolute Gasteiger partial charge is 0.256 e. The first kappa shape index (κ1) is 11.1. The van der Waals surface area contributed by atoms with E-state index in [0.29, 0.717) is 18.8 Å². The molecule has 0 bridgehead atoms. The van der Waals surface area contributed by atoms with Crippen LogP contribution in [0.5, 0.6) is 0 Å². The Morgan fingerprint density at radius 3 is 2.69 bits per heavy atom. The molecular formula is C12H16N2O2. The summed E-state index contributed by atoms with van der Waals surface area (Å²) in [4.78, 5) is 18.1. The highest BCUT2D eigenvalue weighted by Gasteiger charge is 2.30. The fraction of sp³-hybridized carbons (Fsp3) is 0.500. The van der Waals surface area contributed by atoms with E-state index in [1.807, 2.05) is 18.7 Å². The maximum Gasteiger partial charge on any atom is 0.256 e. The summed E-state index contributed by atoms with van der Waals surface area (Å²) >= 11 is 0. The van der Waals surface area contributed by atoms with Gasteiger partial charge in [-0.15, -0.1) is 0 Å². The Morgan fingerprint density at radius 2 is 2.12 bits per heavy atom. The average Bonchev–Trinajstić information content (AvgIpc) is 2.30. The zero-order valence-electron chi connectivity index (χ0n) is 9.59. The third-order valence-corrected chi connectivity index (χ3v) is 2.81. The van der Waals surface area contributed by atoms with Crippen molar-refractivity contribution in [3.63, 3.8) is 0 Å². The SMILES string of the molecule is C[C@H]1COC[C@H](C)N1C(=O)c1cccnc1. The van der Waals surface area contributed by atoms with Crippen LogP contribution in [-0.2, 0) is 4.74 Å². The third kappa shape index (κ3) is 2.07. The fourth-order valence-corrected chi connectivity index (χ4v) is 2.04. The molecule has 2 heterocycles. The van der Waals surface area contributed by atoms with Crippen molar-refractivity contribution in [1.29, 1.82) is 0 Å². The number of hydrogen-bond acceptors (Lipinski definition) is 3. The summed E-state index contributed by atoms with van der Waals surface area (Å²) in [5.41, 5.74) is 0.642. The van der Waals surface area contributed by atoms with Crippen molar-refractivity contribution in [3.8, 4) is 0 Å². The fourth-order valence-electron chi connectivity index (χ4n) is 2.04. The molecule has 0 radical (unpaired) electrons. The first-order valence-corrected chi connectivity index (χ1v) is 5.50. The van der Waals surface area contributed by atoms with E-state index in [1.165, 1.54) is 0 Å². The van der Waals surface area contributed by atoms with Crippen LogP contribution >= 0.6 is 0 Å². The van der Waals surface area contributed by atoms with Crippen LogP contribution in [0.1, 0.15) is 24.2 Å². The second kappa shape index (κ2) is 4.61. The maximum atomic E-state index is 12.3. The number of ether oxygens (including phenoxy) is 1. The van der Waals surface area contributed by atoms with Crippen molar-refractivity contribution >= 4 is 5.91 Å². The molecule has 0 unspecified atom stereocenters. The van der Waals surface area contributed by atoms with Gasteiger partial charge in [0.05, 0.1) is 30.9 Å². The lowest BCUT2D eigenvalue weighted by Crippen LogP contribution is -2.52. The van der Waals surface area contributed by atoms with E-state index in [0.717, 1.165) is 0 Å². The molecule has 1 amide bonds. The molecular weight excluding hydrogens is 204 g/mol. The Bertz CT molecular complexity index is 357. The zero-order valence-corrected chi connectivity index (χ0v) is 9.59. The van der Waals surface area contributed by atoms with Crippen molar-refractivity contribution in [2.45, 2.75) is 25.9 Å². The number of pyridine rings is 1. The van der Waals surface area contributed by atoms with Crippen molar-refractivity contribution in [3.05, 3.63) is 30.1 Å². The number of amides is 1. The summed E-state index contributed by atoms with van der Waals surface area (Å²) in [5, 5.41) is 0. The molecule has 2 atom stereocenters. The molecule has 0 spiro atoms. The Morgan fingerprint density at radius 1 is 1.44 bits per heavy atom. The molecule has 0 saturated carbocycles. The standard InChI is InChI=1S/C12H16N2O2/c1-9-7-16-8-10(2)14(9)12(15)11-4-3-5-13-6-11/h3-6,9-10H,7-8H2,1-2H3/t9-,10-/m0/s1. The van der Waals surface area contributed by atoms with Crippen LogP contribution in [0, 0.1) is 0 Å². The van der Waals surface area contributed by atoms with E-state index >= 15 is 0 Å². The molecule has 2 rings (SSSR count). The molecule has 1 aromatic heterocycles. The molecule has 4 nitrogen and oxygen atoms in total. The van der Waals surface area contributed by atoms with E-state index in [4.69, 9.17) is 4.74 Å². The quantitative estimate of drug-likeness (QED) is 0.717. The number of morpholine rings is 1. The Kier molecular flexibility index (Phi) is 3.19. The Balaban J connectivity index is 2.20.